The van der Waals surface area contributed by atoms with Gasteiger partial charge in [0.25, 0.3) is 5.69 Å². The van der Waals surface area contributed by atoms with E-state index in [0.29, 0.717) is 32.8 Å². The summed E-state index contributed by atoms with van der Waals surface area (Å²) in [6.07, 6.45) is -1.42. The number of fused-ring (bicyclic) bond motifs is 1. The van der Waals surface area contributed by atoms with Crippen molar-refractivity contribution in [2.24, 2.45) is 0 Å². The summed E-state index contributed by atoms with van der Waals surface area (Å²) in [5.41, 5.74) is 0.662. The third-order valence-corrected chi connectivity index (χ3v) is 6.74. The Balaban J connectivity index is 1.39. The molecule has 16 heteroatoms. The van der Waals surface area contributed by atoms with Gasteiger partial charge in [0, 0.05) is 28.8 Å². The molecular weight excluding hydrogens is 594 g/mol. The molecule has 0 saturated heterocycles. The number of anilines is 3. The molecular formula is C28H23N7O8S. The summed E-state index contributed by atoms with van der Waals surface area (Å²) < 4.78 is 11.6. The second kappa shape index (κ2) is 11.8. The number of rotatable bonds is 6. The molecule has 0 aliphatic carbocycles. The Morgan fingerprint density at radius 2 is 1.80 bits per heavy atom. The Morgan fingerprint density at radius 1 is 1.05 bits per heavy atom. The smallest absolute Gasteiger partial charge is 0.432 e. The lowest BCUT2D eigenvalue weighted by Gasteiger charge is -2.25. The first-order chi connectivity index (χ1) is 20.9. The lowest BCUT2D eigenvalue weighted by Crippen LogP contribution is -2.33. The highest BCUT2D eigenvalue weighted by Crippen LogP contribution is 2.36. The van der Waals surface area contributed by atoms with Crippen molar-refractivity contribution in [2.75, 3.05) is 10.2 Å². The minimum atomic E-state index is -1.25. The van der Waals surface area contributed by atoms with E-state index < -0.39 is 28.8 Å². The number of carboxylic acid groups (broad SMARTS) is 1. The average Bonchev–Trinajstić information content (AvgIpc) is 3.60. The van der Waals surface area contributed by atoms with Gasteiger partial charge in [-0.05, 0) is 63.2 Å². The van der Waals surface area contributed by atoms with Crippen molar-refractivity contribution in [1.82, 2.24) is 20.0 Å². The molecule has 0 spiro atoms. The fourth-order valence-corrected chi connectivity index (χ4v) is 4.80. The van der Waals surface area contributed by atoms with Crippen LogP contribution in [0.5, 0.6) is 5.75 Å². The van der Waals surface area contributed by atoms with E-state index in [1.54, 1.807) is 57.2 Å². The summed E-state index contributed by atoms with van der Waals surface area (Å²) in [7, 11) is 0. The average molecular weight is 618 g/mol. The van der Waals surface area contributed by atoms with Crippen LogP contribution in [-0.4, -0.2) is 53.9 Å². The number of nitro benzene ring substituents is 1. The molecule has 44 heavy (non-hydrogen) atoms. The molecule has 5 rings (SSSR count). The number of amides is 2. The van der Waals surface area contributed by atoms with Gasteiger partial charge in [-0.15, -0.1) is 10.2 Å². The van der Waals surface area contributed by atoms with Crippen LogP contribution in [0.25, 0.3) is 21.5 Å². The quantitative estimate of drug-likeness (QED) is 0.153. The Bertz CT molecular complexity index is 1900. The lowest BCUT2D eigenvalue weighted by atomic mass is 10.2. The van der Waals surface area contributed by atoms with Gasteiger partial charge in [0.1, 0.15) is 16.4 Å². The Labute approximate surface area is 252 Å². The number of benzene rings is 3. The summed E-state index contributed by atoms with van der Waals surface area (Å²) in [4.78, 5) is 48.8. The first-order valence-electron chi connectivity index (χ1n) is 12.8. The number of nitro groups is 1. The van der Waals surface area contributed by atoms with Gasteiger partial charge in [0.2, 0.25) is 5.13 Å². The normalized spacial score (nSPS) is 11.2. The van der Waals surface area contributed by atoms with Crippen LogP contribution >= 0.6 is 11.3 Å². The zero-order valence-electron chi connectivity index (χ0n) is 23.3. The highest BCUT2D eigenvalue weighted by molar-refractivity contribution is 7.18. The molecule has 0 atom stereocenters. The Kier molecular flexibility index (Phi) is 7.91. The van der Waals surface area contributed by atoms with Crippen LogP contribution in [0.2, 0.25) is 0 Å². The minimum absolute atomic E-state index is 0.119. The van der Waals surface area contributed by atoms with Crippen molar-refractivity contribution in [2.45, 2.75) is 26.4 Å². The zero-order valence-corrected chi connectivity index (χ0v) is 24.1. The standard InChI is InChI=1S/C28H23N7O8S/c1-28(2,3)43-27(39)33(20-9-12-22-17(14-20)15-29-34(22)26(37)38)24-32-31-23(44-24)16-5-4-6-18(13-16)30-25(36)42-21-10-7-19(8-11-21)35(40)41/h4-15H,1-3H3,(H,30,36)(H,37,38). The molecule has 0 aliphatic rings. The van der Waals surface area contributed by atoms with E-state index in [1.807, 2.05) is 0 Å². The first kappa shape index (κ1) is 29.6. The van der Waals surface area contributed by atoms with E-state index in [9.17, 15) is 29.6 Å². The summed E-state index contributed by atoms with van der Waals surface area (Å²) in [5.74, 6) is 0.119. The number of carbonyl (C=O) groups is 3. The van der Waals surface area contributed by atoms with Gasteiger partial charge < -0.3 is 14.6 Å². The molecule has 3 aromatic carbocycles. The van der Waals surface area contributed by atoms with Crippen LogP contribution in [-0.2, 0) is 4.74 Å². The highest BCUT2D eigenvalue weighted by Gasteiger charge is 2.28. The predicted molar refractivity (Wildman–Crippen MR) is 160 cm³/mol. The number of nitrogens with one attached hydrogen (secondary N) is 1. The zero-order chi connectivity index (χ0) is 31.6. The van der Waals surface area contributed by atoms with Crippen LogP contribution in [0.4, 0.5) is 36.6 Å². The van der Waals surface area contributed by atoms with Gasteiger partial charge >= 0.3 is 18.3 Å². The maximum atomic E-state index is 13.4. The summed E-state index contributed by atoms with van der Waals surface area (Å²) >= 11 is 1.08. The number of hydrogen-bond acceptors (Lipinski definition) is 11. The Morgan fingerprint density at radius 3 is 2.48 bits per heavy atom. The molecule has 0 bridgehead atoms. The predicted octanol–water partition coefficient (Wildman–Crippen LogP) is 6.67. The van der Waals surface area contributed by atoms with E-state index >= 15 is 0 Å². The maximum absolute atomic E-state index is 13.4. The van der Waals surface area contributed by atoms with Gasteiger partial charge in [0.15, 0.2) is 0 Å². The van der Waals surface area contributed by atoms with Crippen LogP contribution in [0.1, 0.15) is 20.8 Å². The van der Waals surface area contributed by atoms with Crippen molar-refractivity contribution in [3.05, 3.63) is 83.0 Å². The number of aromatic nitrogens is 4. The molecule has 0 unspecified atom stereocenters. The Hall–Kier alpha value is -5.90. The fraction of sp³-hybridized carbons (Fsp3) is 0.143. The first-order valence-corrected chi connectivity index (χ1v) is 13.6. The lowest BCUT2D eigenvalue weighted by molar-refractivity contribution is -0.384. The molecule has 0 saturated carbocycles. The second-order valence-electron chi connectivity index (χ2n) is 10.1. The van der Waals surface area contributed by atoms with Crippen molar-refractivity contribution >= 4 is 62.7 Å². The van der Waals surface area contributed by atoms with Crippen LogP contribution < -0.4 is 15.0 Å². The van der Waals surface area contributed by atoms with Crippen LogP contribution in [0.15, 0.2) is 72.9 Å². The molecule has 0 fully saturated rings. The van der Waals surface area contributed by atoms with Gasteiger partial charge in [-0.3, -0.25) is 15.4 Å². The summed E-state index contributed by atoms with van der Waals surface area (Å²) in [5, 5.41) is 36.2. The topological polar surface area (TPSA) is 192 Å². The van der Waals surface area contributed by atoms with E-state index in [4.69, 9.17) is 9.47 Å². The minimum Gasteiger partial charge on any atom is -0.463 e. The maximum Gasteiger partial charge on any atom is 0.432 e. The number of nitrogens with zero attached hydrogens (tertiary/aromatic N) is 6. The van der Waals surface area contributed by atoms with Crippen molar-refractivity contribution in [3.8, 4) is 16.3 Å². The van der Waals surface area contributed by atoms with Crippen LogP contribution in [0, 0.1) is 10.1 Å². The van der Waals surface area contributed by atoms with E-state index in [1.165, 1.54) is 41.4 Å². The number of carbonyl (C=O) groups excluding carboxylic acids is 2. The molecule has 2 heterocycles. The molecule has 2 N–H and O–H groups in total. The highest BCUT2D eigenvalue weighted by atomic mass is 32.1. The van der Waals surface area contributed by atoms with Gasteiger partial charge in [-0.2, -0.15) is 9.78 Å². The van der Waals surface area contributed by atoms with Gasteiger partial charge in [-0.25, -0.2) is 19.3 Å². The number of non-ortho nitro benzene ring substituents is 1. The monoisotopic (exact) mass is 617 g/mol. The third-order valence-electron chi connectivity index (χ3n) is 5.79. The molecule has 224 valence electrons. The fourth-order valence-electron chi connectivity index (χ4n) is 3.95. The number of hydrogen-bond donors (Lipinski definition) is 2. The van der Waals surface area contributed by atoms with Crippen molar-refractivity contribution < 1.29 is 33.9 Å². The summed E-state index contributed by atoms with van der Waals surface area (Å²) in [6, 6.07) is 16.4. The van der Waals surface area contributed by atoms with E-state index in [0.717, 1.165) is 16.0 Å². The molecule has 5 aromatic rings. The van der Waals surface area contributed by atoms with Gasteiger partial charge in [0.05, 0.1) is 22.3 Å². The second-order valence-corrected chi connectivity index (χ2v) is 11.1. The molecule has 0 radical (unpaired) electrons. The molecule has 15 nitrogen and oxygen atoms in total. The molecule has 2 amide bonds. The van der Waals surface area contributed by atoms with E-state index in [2.05, 4.69) is 20.6 Å². The van der Waals surface area contributed by atoms with Gasteiger partial charge in [-0.1, -0.05) is 23.5 Å². The number of ether oxygens (including phenoxy) is 2. The third kappa shape index (κ3) is 6.60. The molecule has 0 aliphatic heterocycles. The SMILES string of the molecule is CC(C)(C)OC(=O)N(c1ccc2c(cnn2C(=O)O)c1)c1nnc(-c2cccc(NC(=O)Oc3ccc([N+](=O)[O-])cc3)c2)s1. The van der Waals surface area contributed by atoms with Crippen molar-refractivity contribution in [1.29, 1.82) is 0 Å². The van der Waals surface area contributed by atoms with Crippen molar-refractivity contribution in [3.63, 3.8) is 0 Å². The van der Waals surface area contributed by atoms with Crippen LogP contribution in [0.3, 0.4) is 0 Å². The molecule has 2 aromatic heterocycles. The van der Waals surface area contributed by atoms with E-state index in [-0.39, 0.29) is 16.6 Å². The summed E-state index contributed by atoms with van der Waals surface area (Å²) in [6.45, 7) is 5.17. The largest absolute Gasteiger partial charge is 0.463 e.